The van der Waals surface area contributed by atoms with Gasteiger partial charge in [0.25, 0.3) is 0 Å². The van der Waals surface area contributed by atoms with Gasteiger partial charge in [-0.15, -0.1) is 0 Å². The first kappa shape index (κ1) is 28.6. The third kappa shape index (κ3) is 5.35. The van der Waals surface area contributed by atoms with Gasteiger partial charge in [0.1, 0.15) is 5.82 Å². The Bertz CT molecular complexity index is 1350. The Morgan fingerprint density at radius 1 is 0.722 bits per heavy atom. The van der Waals surface area contributed by atoms with Gasteiger partial charge in [-0.3, -0.25) is 4.79 Å². The minimum atomic E-state index is -5.12. The zero-order valence-corrected chi connectivity index (χ0v) is 21.5. The van der Waals surface area contributed by atoms with Crippen molar-refractivity contribution < 1.29 is 37.0 Å². The molecule has 3 rings (SSSR count). The molecule has 0 saturated carbocycles. The van der Waals surface area contributed by atoms with Crippen molar-refractivity contribution in [3.8, 4) is 5.75 Å². The summed E-state index contributed by atoms with van der Waals surface area (Å²) in [7, 11) is 0. The minimum absolute atomic E-state index is 0.0260. The van der Waals surface area contributed by atoms with Crippen LogP contribution in [-0.4, -0.2) is 17.0 Å². The summed E-state index contributed by atoms with van der Waals surface area (Å²) in [4.78, 5) is 26.4. The van der Waals surface area contributed by atoms with Crippen LogP contribution in [0, 0.1) is 5.82 Å². The van der Waals surface area contributed by atoms with E-state index < -0.39 is 61.8 Å². The lowest BCUT2D eigenvalue weighted by molar-refractivity contribution is -0.154. The highest BCUT2D eigenvalue weighted by atomic mass is 35.5. The minimum Gasteiger partial charge on any atom is -0.480 e. The molecule has 0 heterocycles. The van der Waals surface area contributed by atoms with Crippen LogP contribution in [0.25, 0.3) is 0 Å². The molecule has 4 nitrogen and oxygen atoms in total. The van der Waals surface area contributed by atoms with E-state index in [0.29, 0.717) is 6.07 Å². The largest absolute Gasteiger partial charge is 0.480 e. The number of carboxylic acid groups (broad SMARTS) is 1. The molecule has 0 radical (unpaired) electrons. The Balaban J connectivity index is 2.44. The second kappa shape index (κ2) is 10.4. The van der Waals surface area contributed by atoms with Crippen LogP contribution in [-0.2, 0) is 21.2 Å². The molecule has 0 aromatic heterocycles. The van der Waals surface area contributed by atoms with Crippen molar-refractivity contribution in [3.05, 3.63) is 95.1 Å². The molecule has 14 heteroatoms. The summed E-state index contributed by atoms with van der Waals surface area (Å²) in [5.41, 5.74) is -6.61. The summed E-state index contributed by atoms with van der Waals surface area (Å²) >= 11 is 36.1. The SMILES string of the molecule is O=C(O)C(C(=O)Oc1c(Cl)cc(Cl)cc1Cl)(c1cc(F)cc(C(F)(F)F)c1)c1c(Cl)cc(Cl)cc1Cl. The fourth-order valence-electron chi connectivity index (χ4n) is 3.35. The van der Waals surface area contributed by atoms with Crippen molar-refractivity contribution in [3.63, 3.8) is 0 Å². The molecule has 0 amide bonds. The molecule has 0 aliphatic rings. The normalized spacial score (nSPS) is 13.3. The number of carboxylic acids is 1. The van der Waals surface area contributed by atoms with Gasteiger partial charge in [-0.2, -0.15) is 13.2 Å². The smallest absolute Gasteiger partial charge is 0.416 e. The highest BCUT2D eigenvalue weighted by Gasteiger charge is 2.55. The zero-order chi connectivity index (χ0) is 27.2. The molecule has 0 bridgehead atoms. The lowest BCUT2D eigenvalue weighted by Gasteiger charge is -2.30. The number of halogens is 10. The standard InChI is InChI=1S/C22H8Cl6F4O4/c23-10-4-13(25)17(14(26)5-10)21(19(33)34,8-1-9(22(30,31)32)3-12(29)2-8)20(35)36-18-15(27)6-11(24)7-16(18)28/h1-7H,(H,33,34). The first-order valence-electron chi connectivity index (χ1n) is 9.22. The third-order valence-electron chi connectivity index (χ3n) is 4.82. The van der Waals surface area contributed by atoms with Crippen LogP contribution < -0.4 is 4.74 Å². The van der Waals surface area contributed by atoms with Gasteiger partial charge in [0.05, 0.1) is 15.6 Å². The van der Waals surface area contributed by atoms with Crippen molar-refractivity contribution in [2.75, 3.05) is 0 Å². The molecule has 36 heavy (non-hydrogen) atoms. The Morgan fingerprint density at radius 2 is 1.17 bits per heavy atom. The number of hydrogen-bond donors (Lipinski definition) is 1. The van der Waals surface area contributed by atoms with E-state index in [1.807, 2.05) is 0 Å². The van der Waals surface area contributed by atoms with Gasteiger partial charge in [0, 0.05) is 25.7 Å². The van der Waals surface area contributed by atoms with E-state index in [2.05, 4.69) is 0 Å². The third-order valence-corrected chi connectivity index (χ3v) is 6.42. The Hall–Kier alpha value is -1.94. The number of alkyl halides is 3. The molecule has 1 unspecified atom stereocenters. The summed E-state index contributed by atoms with van der Waals surface area (Å²) < 4.78 is 60.1. The van der Waals surface area contributed by atoms with Crippen molar-refractivity contribution in [1.82, 2.24) is 0 Å². The number of rotatable bonds is 5. The lowest BCUT2D eigenvalue weighted by Crippen LogP contribution is -2.48. The first-order chi connectivity index (χ1) is 16.6. The van der Waals surface area contributed by atoms with Crippen LogP contribution in [0.5, 0.6) is 5.75 Å². The molecule has 0 aliphatic carbocycles. The summed E-state index contributed by atoms with van der Waals surface area (Å²) in [5.74, 6) is -5.97. The van der Waals surface area contributed by atoms with Crippen LogP contribution in [0.4, 0.5) is 17.6 Å². The van der Waals surface area contributed by atoms with Gasteiger partial charge in [-0.25, -0.2) is 9.18 Å². The van der Waals surface area contributed by atoms with E-state index in [4.69, 9.17) is 74.3 Å². The number of hydrogen-bond acceptors (Lipinski definition) is 3. The zero-order valence-electron chi connectivity index (χ0n) is 17.0. The van der Waals surface area contributed by atoms with Gasteiger partial charge in [-0.1, -0.05) is 69.6 Å². The fourth-order valence-corrected chi connectivity index (χ4v) is 5.34. The molecule has 3 aromatic carbocycles. The summed E-state index contributed by atoms with van der Waals surface area (Å²) in [6.07, 6.45) is -5.12. The number of carbonyl (C=O) groups is 2. The van der Waals surface area contributed by atoms with E-state index in [1.165, 1.54) is 0 Å². The van der Waals surface area contributed by atoms with E-state index in [-0.39, 0.29) is 32.2 Å². The van der Waals surface area contributed by atoms with Crippen molar-refractivity contribution >= 4 is 81.5 Å². The van der Waals surface area contributed by atoms with Gasteiger partial charge in [0.2, 0.25) is 5.41 Å². The lowest BCUT2D eigenvalue weighted by atomic mass is 9.73. The molecule has 1 N–H and O–H groups in total. The summed E-state index contributed by atoms with van der Waals surface area (Å²) in [5, 5.41) is 8.48. The number of ether oxygens (including phenoxy) is 1. The maximum atomic E-state index is 14.4. The number of carbonyl (C=O) groups excluding carboxylic acids is 1. The van der Waals surface area contributed by atoms with Gasteiger partial charge in [-0.05, 0) is 48.0 Å². The predicted molar refractivity (Wildman–Crippen MR) is 128 cm³/mol. The highest BCUT2D eigenvalue weighted by Crippen LogP contribution is 2.46. The second-order valence-electron chi connectivity index (χ2n) is 7.11. The summed E-state index contributed by atoms with van der Waals surface area (Å²) in [6, 6.07) is 4.95. The molecule has 3 aromatic rings. The van der Waals surface area contributed by atoms with Crippen molar-refractivity contribution in [1.29, 1.82) is 0 Å². The van der Waals surface area contributed by atoms with Gasteiger partial charge in [0.15, 0.2) is 5.75 Å². The first-order valence-corrected chi connectivity index (χ1v) is 11.5. The van der Waals surface area contributed by atoms with Gasteiger partial charge < -0.3 is 9.84 Å². The second-order valence-corrected chi connectivity index (χ2v) is 9.62. The maximum Gasteiger partial charge on any atom is 0.416 e. The highest BCUT2D eigenvalue weighted by molar-refractivity contribution is 6.41. The molecular formula is C22H8Cl6F4O4. The molecule has 0 aliphatic heterocycles. The molecule has 0 fully saturated rings. The van der Waals surface area contributed by atoms with E-state index in [9.17, 15) is 32.3 Å². The van der Waals surface area contributed by atoms with Gasteiger partial charge >= 0.3 is 18.1 Å². The van der Waals surface area contributed by atoms with Crippen LogP contribution in [0.15, 0.2) is 42.5 Å². The maximum absolute atomic E-state index is 14.4. The topological polar surface area (TPSA) is 63.6 Å². The Morgan fingerprint density at radius 3 is 1.61 bits per heavy atom. The molecular weight excluding hydrogens is 617 g/mol. The average molecular weight is 625 g/mol. The average Bonchev–Trinajstić information content (AvgIpc) is 2.71. The molecule has 190 valence electrons. The fraction of sp³-hybridized carbons (Fsp3) is 0.0909. The van der Waals surface area contributed by atoms with Crippen molar-refractivity contribution in [2.45, 2.75) is 11.6 Å². The van der Waals surface area contributed by atoms with Crippen LogP contribution in [0.3, 0.4) is 0 Å². The van der Waals surface area contributed by atoms with Crippen molar-refractivity contribution in [2.24, 2.45) is 0 Å². The quantitative estimate of drug-likeness (QED) is 0.133. The molecule has 1 atom stereocenters. The number of aliphatic carboxylic acids is 1. The Kier molecular flexibility index (Phi) is 8.30. The Labute approximate surface area is 230 Å². The number of esters is 1. The molecule has 0 saturated heterocycles. The van der Waals surface area contributed by atoms with E-state index in [0.717, 1.165) is 24.3 Å². The number of benzene rings is 3. The summed E-state index contributed by atoms with van der Waals surface area (Å²) in [6.45, 7) is 0. The van der Waals surface area contributed by atoms with Crippen LogP contribution in [0.2, 0.25) is 30.1 Å². The van der Waals surface area contributed by atoms with Crippen LogP contribution in [0.1, 0.15) is 16.7 Å². The molecule has 0 spiro atoms. The van der Waals surface area contributed by atoms with E-state index in [1.54, 1.807) is 0 Å². The monoisotopic (exact) mass is 622 g/mol. The predicted octanol–water partition coefficient (Wildman–Crippen LogP) is 8.74. The van der Waals surface area contributed by atoms with E-state index >= 15 is 0 Å². The van der Waals surface area contributed by atoms with Crippen LogP contribution >= 0.6 is 69.6 Å².